The SMILES string of the molecule is CC[C@@]1(C)NC(=O)N(NC(=O)CN2CCC[C@@H]2c2ccc(OC)c(OC)c2)C1=O. The highest BCUT2D eigenvalue weighted by atomic mass is 16.5. The molecule has 2 heterocycles. The number of carbonyl (C=O) groups excluding carboxylic acids is 3. The fourth-order valence-corrected chi connectivity index (χ4v) is 3.82. The zero-order chi connectivity index (χ0) is 21.2. The molecule has 0 saturated carbocycles. The number of benzene rings is 1. The zero-order valence-electron chi connectivity index (χ0n) is 17.3. The summed E-state index contributed by atoms with van der Waals surface area (Å²) in [6, 6.07) is 5.18. The molecule has 0 aliphatic carbocycles. The molecule has 0 spiro atoms. The Kier molecular flexibility index (Phi) is 5.97. The van der Waals surface area contributed by atoms with Gasteiger partial charge in [0.15, 0.2) is 11.5 Å². The first-order chi connectivity index (χ1) is 13.8. The fraction of sp³-hybridized carbons (Fsp3) is 0.550. The molecule has 0 bridgehead atoms. The molecule has 4 amide bonds. The molecule has 1 aromatic carbocycles. The van der Waals surface area contributed by atoms with Crippen LogP contribution in [0.3, 0.4) is 0 Å². The van der Waals surface area contributed by atoms with Gasteiger partial charge in [0.05, 0.1) is 20.8 Å². The number of carbonyl (C=O) groups is 3. The van der Waals surface area contributed by atoms with Crippen molar-refractivity contribution in [3.63, 3.8) is 0 Å². The molecule has 3 rings (SSSR count). The van der Waals surface area contributed by atoms with Crippen LogP contribution in [0.5, 0.6) is 11.5 Å². The first-order valence-electron chi connectivity index (χ1n) is 9.75. The Hall–Kier alpha value is -2.81. The Bertz CT molecular complexity index is 814. The number of ether oxygens (including phenoxy) is 2. The van der Waals surface area contributed by atoms with Gasteiger partial charge >= 0.3 is 6.03 Å². The van der Waals surface area contributed by atoms with Crippen molar-refractivity contribution in [1.82, 2.24) is 20.7 Å². The normalized spacial score (nSPS) is 24.6. The van der Waals surface area contributed by atoms with E-state index in [1.165, 1.54) is 0 Å². The van der Waals surface area contributed by atoms with E-state index in [9.17, 15) is 14.4 Å². The maximum absolute atomic E-state index is 12.6. The fourth-order valence-electron chi connectivity index (χ4n) is 3.82. The topological polar surface area (TPSA) is 100 Å². The van der Waals surface area contributed by atoms with E-state index < -0.39 is 23.4 Å². The third-order valence-electron chi connectivity index (χ3n) is 5.71. The van der Waals surface area contributed by atoms with E-state index in [0.29, 0.717) is 17.9 Å². The molecule has 2 saturated heterocycles. The molecule has 29 heavy (non-hydrogen) atoms. The average molecular weight is 404 g/mol. The number of urea groups is 1. The monoisotopic (exact) mass is 404 g/mol. The maximum Gasteiger partial charge on any atom is 0.344 e. The predicted octanol–water partition coefficient (Wildman–Crippen LogP) is 1.59. The number of rotatable bonds is 7. The van der Waals surface area contributed by atoms with Crippen LogP contribution >= 0.6 is 0 Å². The average Bonchev–Trinajstić information content (AvgIpc) is 3.25. The van der Waals surface area contributed by atoms with Crippen molar-refractivity contribution < 1.29 is 23.9 Å². The molecule has 2 fully saturated rings. The van der Waals surface area contributed by atoms with Gasteiger partial charge in [-0.25, -0.2) is 4.79 Å². The van der Waals surface area contributed by atoms with Crippen molar-refractivity contribution in [2.75, 3.05) is 27.3 Å². The summed E-state index contributed by atoms with van der Waals surface area (Å²) in [4.78, 5) is 39.1. The number of likely N-dealkylation sites (tertiary alicyclic amines) is 1. The van der Waals surface area contributed by atoms with Gasteiger partial charge in [0.2, 0.25) is 0 Å². The summed E-state index contributed by atoms with van der Waals surface area (Å²) in [5, 5.41) is 3.41. The van der Waals surface area contributed by atoms with E-state index in [1.54, 1.807) is 21.1 Å². The van der Waals surface area contributed by atoms with Crippen molar-refractivity contribution in [1.29, 1.82) is 0 Å². The number of nitrogens with zero attached hydrogens (tertiary/aromatic N) is 2. The standard InChI is InChI=1S/C20H28N4O5/c1-5-20(2)18(26)24(19(27)21-20)22-17(25)12-23-10-6-7-14(23)13-8-9-15(28-3)16(11-13)29-4/h8-9,11,14H,5-7,10,12H2,1-4H3,(H,21,27)(H,22,25)/t14-,20-/m1/s1. The molecule has 1 aromatic rings. The minimum absolute atomic E-state index is 0.0459. The van der Waals surface area contributed by atoms with Gasteiger partial charge in [-0.3, -0.25) is 19.9 Å². The number of nitrogens with one attached hydrogen (secondary N) is 2. The van der Waals surface area contributed by atoms with Crippen LogP contribution in [0.25, 0.3) is 0 Å². The minimum Gasteiger partial charge on any atom is -0.493 e. The number of hydrazine groups is 1. The summed E-state index contributed by atoms with van der Waals surface area (Å²) in [6.07, 6.45) is 2.29. The Balaban J connectivity index is 1.67. The van der Waals surface area contributed by atoms with Crippen LogP contribution in [0.4, 0.5) is 4.79 Å². The van der Waals surface area contributed by atoms with E-state index in [1.807, 2.05) is 30.0 Å². The first kappa shape index (κ1) is 20.9. The Morgan fingerprint density at radius 3 is 2.62 bits per heavy atom. The van der Waals surface area contributed by atoms with Crippen molar-refractivity contribution >= 4 is 17.8 Å². The summed E-state index contributed by atoms with van der Waals surface area (Å²) in [7, 11) is 3.17. The van der Waals surface area contributed by atoms with Crippen molar-refractivity contribution in [3.8, 4) is 11.5 Å². The molecular weight excluding hydrogens is 376 g/mol. The van der Waals surface area contributed by atoms with E-state index in [-0.39, 0.29) is 12.6 Å². The lowest BCUT2D eigenvalue weighted by molar-refractivity contribution is -0.139. The van der Waals surface area contributed by atoms with Gasteiger partial charge < -0.3 is 14.8 Å². The van der Waals surface area contributed by atoms with Crippen LogP contribution in [0.1, 0.15) is 44.7 Å². The molecular formula is C20H28N4O5. The van der Waals surface area contributed by atoms with E-state index >= 15 is 0 Å². The van der Waals surface area contributed by atoms with Crippen molar-refractivity contribution in [3.05, 3.63) is 23.8 Å². The number of amides is 4. The Morgan fingerprint density at radius 1 is 1.28 bits per heavy atom. The van der Waals surface area contributed by atoms with Gasteiger partial charge in [-0.1, -0.05) is 13.0 Å². The Labute approximate surface area is 170 Å². The molecule has 9 heteroatoms. The zero-order valence-corrected chi connectivity index (χ0v) is 17.3. The second kappa shape index (κ2) is 8.28. The summed E-state index contributed by atoms with van der Waals surface area (Å²) < 4.78 is 10.7. The van der Waals surface area contributed by atoms with Crippen LogP contribution in [-0.4, -0.2) is 60.6 Å². The quantitative estimate of drug-likeness (QED) is 0.670. The highest BCUT2D eigenvalue weighted by molar-refractivity contribution is 6.07. The maximum atomic E-state index is 12.6. The van der Waals surface area contributed by atoms with Crippen molar-refractivity contribution in [2.45, 2.75) is 44.7 Å². The summed E-state index contributed by atoms with van der Waals surface area (Å²) >= 11 is 0. The molecule has 2 N–H and O–H groups in total. The molecule has 9 nitrogen and oxygen atoms in total. The highest BCUT2D eigenvalue weighted by Gasteiger charge is 2.47. The van der Waals surface area contributed by atoms with E-state index in [4.69, 9.17) is 9.47 Å². The summed E-state index contributed by atoms with van der Waals surface area (Å²) in [6.45, 7) is 4.28. The summed E-state index contributed by atoms with van der Waals surface area (Å²) in [5.74, 6) is 0.438. The van der Waals surface area contributed by atoms with Crippen LogP contribution in [-0.2, 0) is 9.59 Å². The minimum atomic E-state index is -0.986. The summed E-state index contributed by atoms with van der Waals surface area (Å²) in [5.41, 5.74) is 2.50. The van der Waals surface area contributed by atoms with Gasteiger partial charge in [0.1, 0.15) is 5.54 Å². The molecule has 2 aliphatic heterocycles. The smallest absolute Gasteiger partial charge is 0.344 e. The lowest BCUT2D eigenvalue weighted by atomic mass is 10.00. The van der Waals surface area contributed by atoms with Crippen LogP contribution in [0.15, 0.2) is 18.2 Å². The number of hydrogen-bond acceptors (Lipinski definition) is 6. The lowest BCUT2D eigenvalue weighted by Gasteiger charge is -2.26. The van der Waals surface area contributed by atoms with Gasteiger partial charge in [-0.05, 0) is 50.4 Å². The second-order valence-corrected chi connectivity index (χ2v) is 7.53. The third kappa shape index (κ3) is 4.00. The molecule has 2 atom stereocenters. The number of hydrogen-bond donors (Lipinski definition) is 2. The molecule has 0 aromatic heterocycles. The second-order valence-electron chi connectivity index (χ2n) is 7.53. The largest absolute Gasteiger partial charge is 0.493 e. The number of imide groups is 1. The molecule has 2 aliphatic rings. The third-order valence-corrected chi connectivity index (χ3v) is 5.71. The highest BCUT2D eigenvalue weighted by Crippen LogP contribution is 2.36. The first-order valence-corrected chi connectivity index (χ1v) is 9.75. The van der Waals surface area contributed by atoms with Crippen molar-refractivity contribution in [2.24, 2.45) is 0 Å². The Morgan fingerprint density at radius 2 is 2.00 bits per heavy atom. The van der Waals surface area contributed by atoms with E-state index in [2.05, 4.69) is 10.7 Å². The van der Waals surface area contributed by atoms with Crippen LogP contribution < -0.4 is 20.2 Å². The van der Waals surface area contributed by atoms with Gasteiger partial charge in [-0.15, -0.1) is 0 Å². The molecule has 158 valence electrons. The van der Waals surface area contributed by atoms with Gasteiger partial charge in [0, 0.05) is 6.04 Å². The molecule has 0 radical (unpaired) electrons. The number of methoxy groups -OCH3 is 2. The van der Waals surface area contributed by atoms with Crippen LogP contribution in [0.2, 0.25) is 0 Å². The van der Waals surface area contributed by atoms with E-state index in [0.717, 1.165) is 30.0 Å². The molecule has 0 unspecified atom stereocenters. The predicted molar refractivity (Wildman–Crippen MR) is 105 cm³/mol. The van der Waals surface area contributed by atoms with Gasteiger partial charge in [-0.2, -0.15) is 5.01 Å². The van der Waals surface area contributed by atoms with Gasteiger partial charge in [0.25, 0.3) is 11.8 Å². The lowest BCUT2D eigenvalue weighted by Crippen LogP contribution is -2.51. The van der Waals surface area contributed by atoms with Crippen LogP contribution in [0, 0.1) is 0 Å².